The lowest BCUT2D eigenvalue weighted by molar-refractivity contribution is -0.153. The van der Waals surface area contributed by atoms with Crippen molar-refractivity contribution in [3.8, 4) is 0 Å². The maximum atomic E-state index is 11.2. The van der Waals surface area contributed by atoms with Crippen molar-refractivity contribution in [2.45, 2.75) is 24.8 Å². The Balaban J connectivity index is 2.66. The second kappa shape index (κ2) is 3.41. The smallest absolute Gasteiger partial charge is 0.328 e. The number of esters is 1. The Hall–Kier alpha value is -0.610. The van der Waals surface area contributed by atoms with Gasteiger partial charge in [0.25, 0.3) is 0 Å². The number of nitrogens with two attached hydrogens (primary N) is 1. The summed E-state index contributed by atoms with van der Waals surface area (Å²) in [6.07, 6.45) is 2.90. The second-order valence-electron chi connectivity index (χ2n) is 3.32. The van der Waals surface area contributed by atoms with Crippen LogP contribution in [0.3, 0.4) is 0 Å². The minimum Gasteiger partial charge on any atom is -0.468 e. The van der Waals surface area contributed by atoms with Crippen molar-refractivity contribution in [3.63, 3.8) is 0 Å². The van der Waals surface area contributed by atoms with Crippen LogP contribution in [0.5, 0.6) is 0 Å². The van der Waals surface area contributed by atoms with Crippen LogP contribution in [0, 0.1) is 5.92 Å². The molecular weight excluding hydrogens is 158 g/mol. The second-order valence-corrected chi connectivity index (χ2v) is 3.32. The molecule has 1 atom stereocenters. The van der Waals surface area contributed by atoms with Gasteiger partial charge in [0, 0.05) is 0 Å². The normalized spacial score (nSPS) is 22.6. The van der Waals surface area contributed by atoms with Crippen molar-refractivity contribution in [1.29, 1.82) is 0 Å². The molecule has 0 bridgehead atoms. The number of aliphatic hydroxyl groups is 1. The van der Waals surface area contributed by atoms with Crippen LogP contribution in [-0.2, 0) is 9.53 Å². The van der Waals surface area contributed by atoms with E-state index in [0.717, 1.165) is 19.3 Å². The van der Waals surface area contributed by atoms with Gasteiger partial charge in [-0.2, -0.15) is 0 Å². The summed E-state index contributed by atoms with van der Waals surface area (Å²) in [7, 11) is 1.29. The van der Waals surface area contributed by atoms with E-state index >= 15 is 0 Å². The molecule has 0 spiro atoms. The Bertz CT molecular complexity index is 179. The molecule has 0 heterocycles. The third-order valence-electron chi connectivity index (χ3n) is 2.66. The summed E-state index contributed by atoms with van der Waals surface area (Å²) in [6.45, 7) is -0.329. The van der Waals surface area contributed by atoms with Gasteiger partial charge in [-0.1, -0.05) is 6.42 Å². The first kappa shape index (κ1) is 9.48. The van der Waals surface area contributed by atoms with Crippen LogP contribution < -0.4 is 5.73 Å². The van der Waals surface area contributed by atoms with Crippen LogP contribution in [-0.4, -0.2) is 30.3 Å². The fraction of sp³-hybridized carbons (Fsp3) is 0.875. The quantitative estimate of drug-likeness (QED) is 0.572. The van der Waals surface area contributed by atoms with Crippen LogP contribution in [0.15, 0.2) is 0 Å². The molecule has 1 fully saturated rings. The van der Waals surface area contributed by atoms with Gasteiger partial charge in [0.1, 0.15) is 5.54 Å². The zero-order chi connectivity index (χ0) is 9.19. The molecule has 1 rings (SSSR count). The van der Waals surface area contributed by atoms with Crippen molar-refractivity contribution < 1.29 is 14.6 Å². The zero-order valence-electron chi connectivity index (χ0n) is 7.25. The Morgan fingerprint density at radius 3 is 2.58 bits per heavy atom. The van der Waals surface area contributed by atoms with Gasteiger partial charge in [-0.3, -0.25) is 0 Å². The molecule has 1 unspecified atom stereocenters. The summed E-state index contributed by atoms with van der Waals surface area (Å²) in [4.78, 5) is 11.2. The standard InChI is InChI=1S/C8H15NO3/c1-12-7(11)8(9,5-10)6-3-2-4-6/h6,10H,2-5,9H2,1H3. The molecule has 4 heteroatoms. The van der Waals surface area contributed by atoms with Crippen molar-refractivity contribution in [3.05, 3.63) is 0 Å². The van der Waals surface area contributed by atoms with Gasteiger partial charge in [0.15, 0.2) is 0 Å². The molecule has 1 saturated carbocycles. The van der Waals surface area contributed by atoms with Crippen molar-refractivity contribution in [2.24, 2.45) is 11.7 Å². The van der Waals surface area contributed by atoms with Crippen LogP contribution in [0.4, 0.5) is 0 Å². The molecule has 0 aliphatic heterocycles. The lowest BCUT2D eigenvalue weighted by Crippen LogP contribution is -2.59. The number of rotatable bonds is 3. The maximum Gasteiger partial charge on any atom is 0.328 e. The molecule has 12 heavy (non-hydrogen) atoms. The number of hydrogen-bond donors (Lipinski definition) is 2. The number of hydrogen-bond acceptors (Lipinski definition) is 4. The minimum atomic E-state index is -1.16. The average molecular weight is 173 g/mol. The lowest BCUT2D eigenvalue weighted by atomic mass is 9.71. The van der Waals surface area contributed by atoms with Gasteiger partial charge in [-0.25, -0.2) is 4.79 Å². The summed E-state index contributed by atoms with van der Waals surface area (Å²) in [5.41, 5.74) is 4.57. The van der Waals surface area contributed by atoms with Crippen LogP contribution in [0.1, 0.15) is 19.3 Å². The average Bonchev–Trinajstić information content (AvgIpc) is 1.99. The molecule has 0 aromatic carbocycles. The Kier molecular flexibility index (Phi) is 2.69. The highest BCUT2D eigenvalue weighted by Gasteiger charge is 2.45. The number of ether oxygens (including phenoxy) is 1. The predicted molar refractivity (Wildman–Crippen MR) is 43.4 cm³/mol. The molecule has 0 saturated heterocycles. The van der Waals surface area contributed by atoms with Gasteiger partial charge in [-0.15, -0.1) is 0 Å². The molecular formula is C8H15NO3. The fourth-order valence-electron chi connectivity index (χ4n) is 1.47. The Morgan fingerprint density at radius 2 is 2.33 bits per heavy atom. The molecule has 4 nitrogen and oxygen atoms in total. The Labute approximate surface area is 71.7 Å². The third kappa shape index (κ3) is 1.32. The van der Waals surface area contributed by atoms with Crippen LogP contribution >= 0.6 is 0 Å². The van der Waals surface area contributed by atoms with E-state index in [1.807, 2.05) is 0 Å². The first-order valence-electron chi connectivity index (χ1n) is 4.13. The first-order valence-corrected chi connectivity index (χ1v) is 4.13. The SMILES string of the molecule is COC(=O)C(N)(CO)C1CCC1. The molecule has 0 aromatic rings. The molecule has 0 radical (unpaired) electrons. The van der Waals surface area contributed by atoms with Crippen LogP contribution in [0.2, 0.25) is 0 Å². The van der Waals surface area contributed by atoms with Crippen LogP contribution in [0.25, 0.3) is 0 Å². The summed E-state index contributed by atoms with van der Waals surface area (Å²) in [5.74, 6) is -0.412. The molecule has 1 aliphatic rings. The number of carbonyl (C=O) groups excluding carboxylic acids is 1. The third-order valence-corrected chi connectivity index (χ3v) is 2.66. The first-order chi connectivity index (χ1) is 5.65. The predicted octanol–water partition coefficient (Wildman–Crippen LogP) is -0.351. The summed E-state index contributed by atoms with van der Waals surface area (Å²) < 4.78 is 4.54. The highest BCUT2D eigenvalue weighted by Crippen LogP contribution is 2.35. The van der Waals surface area contributed by atoms with Gasteiger partial charge < -0.3 is 15.6 Å². The lowest BCUT2D eigenvalue weighted by Gasteiger charge is -2.38. The van der Waals surface area contributed by atoms with E-state index in [1.165, 1.54) is 7.11 Å². The minimum absolute atomic E-state index is 0.0925. The van der Waals surface area contributed by atoms with E-state index in [1.54, 1.807) is 0 Å². The molecule has 70 valence electrons. The summed E-state index contributed by atoms with van der Waals surface area (Å²) >= 11 is 0. The van der Waals surface area contributed by atoms with Gasteiger partial charge in [0.05, 0.1) is 13.7 Å². The highest BCUT2D eigenvalue weighted by molar-refractivity contribution is 5.81. The summed E-state index contributed by atoms with van der Waals surface area (Å²) in [6, 6.07) is 0. The van der Waals surface area contributed by atoms with Crippen molar-refractivity contribution in [1.82, 2.24) is 0 Å². The van der Waals surface area contributed by atoms with E-state index in [0.29, 0.717) is 0 Å². The Morgan fingerprint density at radius 1 is 1.75 bits per heavy atom. The largest absolute Gasteiger partial charge is 0.468 e. The maximum absolute atomic E-state index is 11.2. The van der Waals surface area contributed by atoms with E-state index in [9.17, 15) is 4.79 Å². The number of methoxy groups -OCH3 is 1. The van der Waals surface area contributed by atoms with E-state index < -0.39 is 11.5 Å². The highest BCUT2D eigenvalue weighted by atomic mass is 16.5. The monoisotopic (exact) mass is 173 g/mol. The van der Waals surface area contributed by atoms with E-state index in [-0.39, 0.29) is 12.5 Å². The molecule has 0 amide bonds. The van der Waals surface area contributed by atoms with Gasteiger partial charge in [-0.05, 0) is 18.8 Å². The summed E-state index contributed by atoms with van der Waals surface area (Å²) in [5, 5.41) is 9.00. The van der Waals surface area contributed by atoms with Crippen molar-refractivity contribution in [2.75, 3.05) is 13.7 Å². The molecule has 3 N–H and O–H groups in total. The molecule has 1 aliphatic carbocycles. The van der Waals surface area contributed by atoms with Gasteiger partial charge in [0.2, 0.25) is 0 Å². The van der Waals surface area contributed by atoms with Crippen molar-refractivity contribution >= 4 is 5.97 Å². The number of carbonyl (C=O) groups is 1. The fourth-order valence-corrected chi connectivity index (χ4v) is 1.47. The zero-order valence-corrected chi connectivity index (χ0v) is 7.25. The van der Waals surface area contributed by atoms with Gasteiger partial charge >= 0.3 is 5.97 Å². The topological polar surface area (TPSA) is 72.5 Å². The van der Waals surface area contributed by atoms with E-state index in [2.05, 4.69) is 4.74 Å². The molecule has 0 aromatic heterocycles. The van der Waals surface area contributed by atoms with E-state index in [4.69, 9.17) is 10.8 Å². The number of aliphatic hydroxyl groups excluding tert-OH is 1.